The number of nitrogens with zero attached hydrogens (tertiary/aromatic N) is 2. The Morgan fingerprint density at radius 3 is 2.96 bits per heavy atom. The molecule has 3 rings (SSSR count). The number of nitrogens with one attached hydrogen (secondary N) is 1. The van der Waals surface area contributed by atoms with Gasteiger partial charge in [-0.2, -0.15) is 0 Å². The van der Waals surface area contributed by atoms with Crippen LogP contribution in [0.4, 0.5) is 10.8 Å². The first-order valence-corrected chi connectivity index (χ1v) is 9.37. The molecule has 3 N–H and O–H groups in total. The molecule has 2 aromatic rings. The van der Waals surface area contributed by atoms with Crippen molar-refractivity contribution < 1.29 is 9.53 Å². The van der Waals surface area contributed by atoms with Crippen LogP contribution in [0, 0.1) is 5.92 Å². The summed E-state index contributed by atoms with van der Waals surface area (Å²) < 4.78 is 5.27. The molecule has 2 heterocycles. The van der Waals surface area contributed by atoms with Gasteiger partial charge in [-0.05, 0) is 30.9 Å². The molecule has 1 aliphatic heterocycles. The summed E-state index contributed by atoms with van der Waals surface area (Å²) in [5.41, 5.74) is 8.46. The number of amides is 1. The Morgan fingerprint density at radius 2 is 2.24 bits per heavy atom. The fourth-order valence-electron chi connectivity index (χ4n) is 3.09. The summed E-state index contributed by atoms with van der Waals surface area (Å²) in [6.45, 7) is 2.91. The van der Waals surface area contributed by atoms with Gasteiger partial charge in [-0.25, -0.2) is 4.98 Å². The Labute approximate surface area is 152 Å². The third kappa shape index (κ3) is 4.56. The lowest BCUT2D eigenvalue weighted by molar-refractivity contribution is -0.114. The average Bonchev–Trinajstić information content (AvgIpc) is 3.11. The Morgan fingerprint density at radius 1 is 1.44 bits per heavy atom. The van der Waals surface area contributed by atoms with Crippen LogP contribution < -0.4 is 16.0 Å². The second kappa shape index (κ2) is 8.42. The van der Waals surface area contributed by atoms with Crippen LogP contribution in [0.3, 0.4) is 0 Å². The number of benzene rings is 1. The van der Waals surface area contributed by atoms with Crippen LogP contribution in [-0.4, -0.2) is 44.2 Å². The number of thiazole rings is 1. The summed E-state index contributed by atoms with van der Waals surface area (Å²) in [7, 11) is 1.77. The van der Waals surface area contributed by atoms with Crippen molar-refractivity contribution >= 4 is 28.1 Å². The number of anilines is 2. The molecule has 1 amide bonds. The molecule has 7 heteroatoms. The maximum Gasteiger partial charge on any atom is 0.239 e. The Balaban J connectivity index is 1.69. The predicted molar refractivity (Wildman–Crippen MR) is 102 cm³/mol. The molecule has 0 saturated carbocycles. The van der Waals surface area contributed by atoms with E-state index in [1.807, 2.05) is 11.4 Å². The number of hydrogen-bond donors (Lipinski definition) is 2. The van der Waals surface area contributed by atoms with E-state index in [-0.39, 0.29) is 12.5 Å². The number of piperidine rings is 1. The normalized spacial score (nSPS) is 15.4. The first kappa shape index (κ1) is 17.8. The van der Waals surface area contributed by atoms with Gasteiger partial charge >= 0.3 is 0 Å². The lowest BCUT2D eigenvalue weighted by Crippen LogP contribution is -2.34. The molecule has 0 radical (unpaired) electrons. The maximum atomic E-state index is 11.4. The molecule has 1 aliphatic rings. The zero-order chi connectivity index (χ0) is 17.6. The first-order chi connectivity index (χ1) is 12.2. The molecule has 0 unspecified atom stereocenters. The summed E-state index contributed by atoms with van der Waals surface area (Å²) in [4.78, 5) is 18.3. The van der Waals surface area contributed by atoms with E-state index in [0.717, 1.165) is 43.8 Å². The predicted octanol–water partition coefficient (Wildman–Crippen LogP) is 2.57. The number of aromatic nitrogens is 1. The van der Waals surface area contributed by atoms with Crippen LogP contribution >= 0.6 is 11.3 Å². The third-order valence-electron chi connectivity index (χ3n) is 4.46. The van der Waals surface area contributed by atoms with Gasteiger partial charge in [0.1, 0.15) is 0 Å². The smallest absolute Gasteiger partial charge is 0.239 e. The molecule has 0 aliphatic carbocycles. The van der Waals surface area contributed by atoms with Crippen LogP contribution in [0.2, 0.25) is 0 Å². The van der Waals surface area contributed by atoms with Gasteiger partial charge in [0.05, 0.1) is 12.2 Å². The van der Waals surface area contributed by atoms with Crippen molar-refractivity contribution in [3.63, 3.8) is 0 Å². The summed E-state index contributed by atoms with van der Waals surface area (Å²) >= 11 is 1.41. The third-order valence-corrected chi connectivity index (χ3v) is 5.22. The zero-order valence-corrected chi connectivity index (χ0v) is 15.2. The van der Waals surface area contributed by atoms with Gasteiger partial charge in [0.15, 0.2) is 5.13 Å². The molecule has 1 aromatic carbocycles. The number of nitrogens with two attached hydrogens (primary N) is 1. The van der Waals surface area contributed by atoms with Crippen molar-refractivity contribution in [2.24, 2.45) is 11.7 Å². The van der Waals surface area contributed by atoms with Gasteiger partial charge in [-0.3, -0.25) is 4.79 Å². The van der Waals surface area contributed by atoms with Gasteiger partial charge in [-0.1, -0.05) is 12.1 Å². The van der Waals surface area contributed by atoms with Crippen molar-refractivity contribution in [1.82, 2.24) is 4.98 Å². The Kier molecular flexibility index (Phi) is 6.01. The van der Waals surface area contributed by atoms with Gasteiger partial charge < -0.3 is 20.7 Å². The number of carbonyl (C=O) groups excluding carboxylic acids is 1. The second-order valence-corrected chi connectivity index (χ2v) is 7.08. The van der Waals surface area contributed by atoms with Crippen LogP contribution in [0.25, 0.3) is 11.3 Å². The molecule has 0 atom stereocenters. The zero-order valence-electron chi connectivity index (χ0n) is 14.4. The van der Waals surface area contributed by atoms with E-state index >= 15 is 0 Å². The lowest BCUT2D eigenvalue weighted by atomic mass is 9.97. The Hall–Kier alpha value is -1.96. The number of methoxy groups -OCH3 is 1. The second-order valence-electron chi connectivity index (χ2n) is 6.23. The molecule has 0 spiro atoms. The van der Waals surface area contributed by atoms with E-state index in [4.69, 9.17) is 10.5 Å². The highest BCUT2D eigenvalue weighted by Gasteiger charge is 2.19. The van der Waals surface area contributed by atoms with Gasteiger partial charge in [0.2, 0.25) is 5.91 Å². The molecule has 0 bridgehead atoms. The topological polar surface area (TPSA) is 80.5 Å². The molecule has 1 aromatic heterocycles. The summed E-state index contributed by atoms with van der Waals surface area (Å²) in [5.74, 6) is 0.435. The summed E-state index contributed by atoms with van der Waals surface area (Å²) in [6, 6.07) is 8.41. The molecule has 1 fully saturated rings. The highest BCUT2D eigenvalue weighted by atomic mass is 32.1. The van der Waals surface area contributed by atoms with E-state index < -0.39 is 0 Å². The van der Waals surface area contributed by atoms with Crippen molar-refractivity contribution in [3.8, 4) is 11.3 Å². The molecular weight excluding hydrogens is 336 g/mol. The molecule has 1 saturated heterocycles. The van der Waals surface area contributed by atoms with E-state index in [1.54, 1.807) is 7.11 Å². The van der Waals surface area contributed by atoms with Gasteiger partial charge in [0.25, 0.3) is 0 Å². The molecule has 134 valence electrons. The van der Waals surface area contributed by atoms with E-state index in [0.29, 0.717) is 11.0 Å². The van der Waals surface area contributed by atoms with E-state index in [9.17, 15) is 4.79 Å². The van der Waals surface area contributed by atoms with E-state index in [1.165, 1.54) is 17.0 Å². The standard InChI is InChI=1S/C18H24N4O2S/c1-24-11-13-5-7-22(8-6-13)15-4-2-3-14(9-15)16-12-25-18(20-16)21-17(23)10-19/h2-4,9,12-13H,5-8,10-11,19H2,1H3,(H,20,21,23). The fraction of sp³-hybridized carbons (Fsp3) is 0.444. The van der Waals surface area contributed by atoms with Crippen molar-refractivity contribution in [1.29, 1.82) is 0 Å². The molecule has 6 nitrogen and oxygen atoms in total. The van der Waals surface area contributed by atoms with Gasteiger partial charge in [0, 0.05) is 43.4 Å². The largest absolute Gasteiger partial charge is 0.384 e. The van der Waals surface area contributed by atoms with Crippen molar-refractivity contribution in [2.75, 3.05) is 43.6 Å². The number of hydrogen-bond acceptors (Lipinski definition) is 6. The van der Waals surface area contributed by atoms with E-state index in [2.05, 4.69) is 33.4 Å². The Bertz CT molecular complexity index is 711. The highest BCUT2D eigenvalue weighted by molar-refractivity contribution is 7.14. The lowest BCUT2D eigenvalue weighted by Gasteiger charge is -2.33. The molecule has 25 heavy (non-hydrogen) atoms. The monoisotopic (exact) mass is 360 g/mol. The minimum atomic E-state index is -0.228. The van der Waals surface area contributed by atoms with Crippen molar-refractivity contribution in [2.45, 2.75) is 12.8 Å². The number of rotatable bonds is 6. The maximum absolute atomic E-state index is 11.4. The van der Waals surface area contributed by atoms with Crippen molar-refractivity contribution in [3.05, 3.63) is 29.6 Å². The minimum Gasteiger partial charge on any atom is -0.384 e. The van der Waals surface area contributed by atoms with Crippen LogP contribution in [-0.2, 0) is 9.53 Å². The number of ether oxygens (including phenoxy) is 1. The average molecular weight is 360 g/mol. The molecular formula is C18H24N4O2S. The van der Waals surface area contributed by atoms with Crippen LogP contribution in [0.15, 0.2) is 29.6 Å². The fourth-order valence-corrected chi connectivity index (χ4v) is 3.83. The summed E-state index contributed by atoms with van der Waals surface area (Å²) in [5, 5.41) is 5.23. The van der Waals surface area contributed by atoms with Crippen LogP contribution in [0.5, 0.6) is 0 Å². The SMILES string of the molecule is COCC1CCN(c2cccc(-c3csc(NC(=O)CN)n3)c2)CC1. The quantitative estimate of drug-likeness (QED) is 0.827. The summed E-state index contributed by atoms with van der Waals surface area (Å²) in [6.07, 6.45) is 2.31. The van der Waals surface area contributed by atoms with Crippen LogP contribution in [0.1, 0.15) is 12.8 Å². The number of carbonyl (C=O) groups is 1. The highest BCUT2D eigenvalue weighted by Crippen LogP contribution is 2.30. The van der Waals surface area contributed by atoms with Gasteiger partial charge in [-0.15, -0.1) is 11.3 Å². The minimum absolute atomic E-state index is 0.0383. The first-order valence-electron chi connectivity index (χ1n) is 8.49.